The Morgan fingerprint density at radius 1 is 0.882 bits per heavy atom. The van der Waals surface area contributed by atoms with Gasteiger partial charge in [-0.2, -0.15) is 0 Å². The summed E-state index contributed by atoms with van der Waals surface area (Å²) < 4.78 is 0. The minimum absolute atomic E-state index is 0.496. The molecule has 0 unspecified atom stereocenters. The van der Waals surface area contributed by atoms with Crippen LogP contribution in [0.1, 0.15) is 0 Å². The quantitative estimate of drug-likeness (QED) is 0.687. The molecule has 0 spiro atoms. The molecular weight excluding hydrogens is 210 g/mol. The summed E-state index contributed by atoms with van der Waals surface area (Å²) in [7, 11) is 0. The first-order chi connectivity index (χ1) is 8.34. The Labute approximate surface area is 98.9 Å². The number of nitrogens with two attached hydrogens (primary N) is 1. The normalized spacial score (nSPS) is 10.6. The van der Waals surface area contributed by atoms with E-state index in [9.17, 15) is 0 Å². The SMILES string of the molecule is Nc1ccc2c(-c3ccccc3)ccnc2n1. The molecule has 3 aromatic rings. The first kappa shape index (κ1) is 9.78. The van der Waals surface area contributed by atoms with Crippen molar-refractivity contribution in [1.82, 2.24) is 9.97 Å². The third kappa shape index (κ3) is 1.72. The Morgan fingerprint density at radius 2 is 1.71 bits per heavy atom. The van der Waals surface area contributed by atoms with Gasteiger partial charge in [-0.3, -0.25) is 0 Å². The number of aromatic nitrogens is 2. The molecule has 1 aromatic carbocycles. The highest BCUT2D eigenvalue weighted by atomic mass is 14.9. The van der Waals surface area contributed by atoms with E-state index in [2.05, 4.69) is 22.1 Å². The molecule has 2 heterocycles. The molecular formula is C14H11N3. The lowest BCUT2D eigenvalue weighted by atomic mass is 10.0. The molecule has 0 radical (unpaired) electrons. The van der Waals surface area contributed by atoms with Crippen molar-refractivity contribution in [3.63, 3.8) is 0 Å². The zero-order valence-corrected chi connectivity index (χ0v) is 9.17. The van der Waals surface area contributed by atoms with E-state index in [4.69, 9.17) is 5.73 Å². The van der Waals surface area contributed by atoms with Gasteiger partial charge >= 0.3 is 0 Å². The highest BCUT2D eigenvalue weighted by Crippen LogP contribution is 2.26. The molecule has 3 nitrogen and oxygen atoms in total. The molecule has 2 N–H and O–H groups in total. The fraction of sp³-hybridized carbons (Fsp3) is 0. The van der Waals surface area contributed by atoms with Crippen LogP contribution < -0.4 is 5.73 Å². The third-order valence-corrected chi connectivity index (χ3v) is 2.71. The van der Waals surface area contributed by atoms with Crippen molar-refractivity contribution in [2.45, 2.75) is 0 Å². The van der Waals surface area contributed by atoms with E-state index >= 15 is 0 Å². The van der Waals surface area contributed by atoms with E-state index in [0.717, 1.165) is 16.5 Å². The van der Waals surface area contributed by atoms with Crippen LogP contribution in [0.3, 0.4) is 0 Å². The second-order valence-corrected chi connectivity index (χ2v) is 3.83. The first-order valence-corrected chi connectivity index (χ1v) is 5.41. The maximum Gasteiger partial charge on any atom is 0.162 e. The second kappa shape index (κ2) is 3.87. The summed E-state index contributed by atoms with van der Waals surface area (Å²) in [6.07, 6.45) is 1.76. The van der Waals surface area contributed by atoms with Crippen LogP contribution in [0.2, 0.25) is 0 Å². The highest BCUT2D eigenvalue weighted by molar-refractivity contribution is 5.92. The number of fused-ring (bicyclic) bond motifs is 1. The molecule has 0 saturated heterocycles. The Bertz CT molecular complexity index is 663. The molecule has 0 aliphatic heterocycles. The molecule has 0 atom stereocenters. The Morgan fingerprint density at radius 3 is 2.53 bits per heavy atom. The summed E-state index contributed by atoms with van der Waals surface area (Å²) in [6.45, 7) is 0. The van der Waals surface area contributed by atoms with Crippen molar-refractivity contribution in [2.24, 2.45) is 0 Å². The molecule has 0 saturated carbocycles. The first-order valence-electron chi connectivity index (χ1n) is 5.41. The maximum atomic E-state index is 5.66. The van der Waals surface area contributed by atoms with Crippen molar-refractivity contribution < 1.29 is 0 Å². The topological polar surface area (TPSA) is 51.8 Å². The van der Waals surface area contributed by atoms with E-state index in [1.54, 1.807) is 12.3 Å². The van der Waals surface area contributed by atoms with Gasteiger partial charge in [-0.15, -0.1) is 0 Å². The fourth-order valence-corrected chi connectivity index (χ4v) is 1.91. The molecule has 82 valence electrons. The predicted octanol–water partition coefficient (Wildman–Crippen LogP) is 2.88. The van der Waals surface area contributed by atoms with Crippen molar-refractivity contribution >= 4 is 16.9 Å². The zero-order valence-electron chi connectivity index (χ0n) is 9.17. The largest absolute Gasteiger partial charge is 0.384 e. The minimum atomic E-state index is 0.496. The van der Waals surface area contributed by atoms with E-state index in [0.29, 0.717) is 11.5 Å². The highest BCUT2D eigenvalue weighted by Gasteiger charge is 2.04. The summed E-state index contributed by atoms with van der Waals surface area (Å²) in [5, 5.41) is 1.02. The van der Waals surface area contributed by atoms with Gasteiger partial charge in [0.1, 0.15) is 5.82 Å². The van der Waals surface area contributed by atoms with Crippen molar-refractivity contribution in [1.29, 1.82) is 0 Å². The number of benzene rings is 1. The van der Waals surface area contributed by atoms with Gasteiger partial charge in [-0.05, 0) is 29.3 Å². The van der Waals surface area contributed by atoms with Crippen LogP contribution in [-0.4, -0.2) is 9.97 Å². The van der Waals surface area contributed by atoms with E-state index < -0.39 is 0 Å². The van der Waals surface area contributed by atoms with Crippen LogP contribution >= 0.6 is 0 Å². The molecule has 0 amide bonds. The van der Waals surface area contributed by atoms with Crippen LogP contribution in [0.15, 0.2) is 54.7 Å². The van der Waals surface area contributed by atoms with Crippen LogP contribution in [-0.2, 0) is 0 Å². The molecule has 0 fully saturated rings. The summed E-state index contributed by atoms with van der Waals surface area (Å²) >= 11 is 0. The minimum Gasteiger partial charge on any atom is -0.384 e. The third-order valence-electron chi connectivity index (χ3n) is 2.71. The average molecular weight is 221 g/mol. The van der Waals surface area contributed by atoms with Crippen LogP contribution in [0.4, 0.5) is 5.82 Å². The number of nitrogens with zero attached hydrogens (tertiary/aromatic N) is 2. The van der Waals surface area contributed by atoms with Gasteiger partial charge in [0.25, 0.3) is 0 Å². The number of hydrogen-bond acceptors (Lipinski definition) is 3. The van der Waals surface area contributed by atoms with E-state index in [-0.39, 0.29) is 0 Å². The molecule has 0 aliphatic rings. The zero-order chi connectivity index (χ0) is 11.7. The lowest BCUT2D eigenvalue weighted by Gasteiger charge is -2.05. The predicted molar refractivity (Wildman–Crippen MR) is 69.4 cm³/mol. The smallest absolute Gasteiger partial charge is 0.162 e. The fourth-order valence-electron chi connectivity index (χ4n) is 1.91. The molecule has 17 heavy (non-hydrogen) atoms. The molecule has 2 aromatic heterocycles. The summed E-state index contributed by atoms with van der Waals surface area (Å²) in [5.41, 5.74) is 8.63. The Kier molecular flexibility index (Phi) is 2.22. The van der Waals surface area contributed by atoms with Gasteiger partial charge in [0, 0.05) is 11.6 Å². The number of anilines is 1. The number of nitrogen functional groups attached to an aromatic ring is 1. The summed E-state index contributed by atoms with van der Waals surface area (Å²) in [4.78, 5) is 8.47. The van der Waals surface area contributed by atoms with Gasteiger partial charge in [-0.1, -0.05) is 30.3 Å². The van der Waals surface area contributed by atoms with E-state index in [1.165, 1.54) is 0 Å². The number of rotatable bonds is 1. The van der Waals surface area contributed by atoms with Crippen LogP contribution in [0.5, 0.6) is 0 Å². The Balaban J connectivity index is 2.31. The number of hydrogen-bond donors (Lipinski definition) is 1. The molecule has 0 bridgehead atoms. The second-order valence-electron chi connectivity index (χ2n) is 3.83. The standard InChI is InChI=1S/C14H11N3/c15-13-7-6-12-11(8-9-16-14(12)17-13)10-4-2-1-3-5-10/h1-9H,(H2,15,16,17). The molecule has 3 heteroatoms. The van der Waals surface area contributed by atoms with E-state index in [1.807, 2.05) is 30.3 Å². The van der Waals surface area contributed by atoms with Crippen LogP contribution in [0.25, 0.3) is 22.2 Å². The van der Waals surface area contributed by atoms with Gasteiger partial charge in [-0.25, -0.2) is 9.97 Å². The van der Waals surface area contributed by atoms with Gasteiger partial charge in [0.15, 0.2) is 5.65 Å². The number of pyridine rings is 2. The summed E-state index contributed by atoms with van der Waals surface area (Å²) in [6, 6.07) is 16.0. The Hall–Kier alpha value is -2.42. The lowest BCUT2D eigenvalue weighted by Crippen LogP contribution is -1.92. The van der Waals surface area contributed by atoms with Gasteiger partial charge in [0.05, 0.1) is 0 Å². The average Bonchev–Trinajstić information content (AvgIpc) is 2.39. The van der Waals surface area contributed by atoms with Crippen LogP contribution in [0, 0.1) is 0 Å². The monoisotopic (exact) mass is 221 g/mol. The van der Waals surface area contributed by atoms with Crippen molar-refractivity contribution in [3.8, 4) is 11.1 Å². The maximum absolute atomic E-state index is 5.66. The summed E-state index contributed by atoms with van der Waals surface area (Å²) in [5.74, 6) is 0.496. The van der Waals surface area contributed by atoms with Gasteiger partial charge < -0.3 is 5.73 Å². The lowest BCUT2D eigenvalue weighted by molar-refractivity contribution is 1.29. The van der Waals surface area contributed by atoms with Crippen molar-refractivity contribution in [3.05, 3.63) is 54.7 Å². The van der Waals surface area contributed by atoms with Gasteiger partial charge in [0.2, 0.25) is 0 Å². The van der Waals surface area contributed by atoms with Crippen molar-refractivity contribution in [2.75, 3.05) is 5.73 Å². The molecule has 0 aliphatic carbocycles. The molecule has 3 rings (SSSR count).